The lowest BCUT2D eigenvalue weighted by Crippen LogP contribution is -2.38. The quantitative estimate of drug-likeness (QED) is 0.188. The Balaban J connectivity index is 1.30. The van der Waals surface area contributed by atoms with Crippen LogP contribution in [-0.4, -0.2) is 33.3 Å². The molecule has 8 nitrogen and oxygen atoms in total. The number of amides is 1. The number of hydrogen-bond donors (Lipinski definition) is 1. The number of hydrogen-bond acceptors (Lipinski definition) is 6. The van der Waals surface area contributed by atoms with Crippen molar-refractivity contribution >= 4 is 39.4 Å². The van der Waals surface area contributed by atoms with Gasteiger partial charge in [-0.05, 0) is 83.9 Å². The molecule has 0 aromatic heterocycles. The van der Waals surface area contributed by atoms with Crippen molar-refractivity contribution in [3.8, 4) is 17.2 Å². The second kappa shape index (κ2) is 12.9. The summed E-state index contributed by atoms with van der Waals surface area (Å²) in [7, 11) is -3.74. The van der Waals surface area contributed by atoms with Crippen LogP contribution in [0.1, 0.15) is 11.1 Å². The lowest BCUT2D eigenvalue weighted by Gasteiger charge is -2.21. The minimum absolute atomic E-state index is 0.325. The number of para-hydroxylation sites is 1. The van der Waals surface area contributed by atoms with Crippen molar-refractivity contribution in [2.45, 2.75) is 6.61 Å². The number of anilines is 1. The maximum absolute atomic E-state index is 12.5. The number of nitrogens with one attached hydrogen (secondary N) is 1. The lowest BCUT2D eigenvalue weighted by molar-refractivity contribution is -0.119. The van der Waals surface area contributed by atoms with Gasteiger partial charge < -0.3 is 9.47 Å². The van der Waals surface area contributed by atoms with E-state index < -0.39 is 22.5 Å². The van der Waals surface area contributed by atoms with Crippen molar-refractivity contribution in [3.05, 3.63) is 119 Å². The molecule has 0 aliphatic rings. The van der Waals surface area contributed by atoms with Crippen molar-refractivity contribution in [2.24, 2.45) is 5.10 Å². The van der Waals surface area contributed by atoms with E-state index in [2.05, 4.69) is 10.5 Å². The third-order valence-electron chi connectivity index (χ3n) is 5.39. The van der Waals surface area contributed by atoms with Gasteiger partial charge in [0.25, 0.3) is 5.91 Å². The Bertz CT molecular complexity index is 1510. The number of hydrazone groups is 1. The van der Waals surface area contributed by atoms with Crippen molar-refractivity contribution in [1.29, 1.82) is 0 Å². The molecule has 39 heavy (non-hydrogen) atoms. The van der Waals surface area contributed by atoms with E-state index in [0.717, 1.165) is 21.7 Å². The molecule has 200 valence electrons. The molecule has 0 fully saturated rings. The van der Waals surface area contributed by atoms with Gasteiger partial charge in [-0.1, -0.05) is 41.9 Å². The first-order valence-corrected chi connectivity index (χ1v) is 14.1. The highest BCUT2D eigenvalue weighted by molar-refractivity contribution is 7.92. The molecule has 4 aromatic rings. The van der Waals surface area contributed by atoms with Crippen LogP contribution in [0.3, 0.4) is 0 Å². The Morgan fingerprint density at radius 2 is 1.49 bits per heavy atom. The maximum Gasteiger partial charge on any atom is 0.260 e. The molecule has 0 heterocycles. The minimum atomic E-state index is -3.74. The van der Waals surface area contributed by atoms with E-state index in [9.17, 15) is 13.2 Å². The fourth-order valence-corrected chi connectivity index (χ4v) is 4.43. The maximum atomic E-state index is 12.5. The average molecular weight is 564 g/mol. The van der Waals surface area contributed by atoms with E-state index in [0.29, 0.717) is 34.6 Å². The summed E-state index contributed by atoms with van der Waals surface area (Å²) in [5, 5.41) is 4.61. The number of carbonyl (C=O) groups is 1. The van der Waals surface area contributed by atoms with E-state index in [1.54, 1.807) is 60.7 Å². The van der Waals surface area contributed by atoms with Gasteiger partial charge in [0, 0.05) is 5.02 Å². The molecular weight excluding hydrogens is 538 g/mol. The summed E-state index contributed by atoms with van der Waals surface area (Å²) in [6.45, 7) is -0.0349. The van der Waals surface area contributed by atoms with Gasteiger partial charge in [-0.25, -0.2) is 13.8 Å². The third-order valence-corrected chi connectivity index (χ3v) is 6.79. The first-order chi connectivity index (χ1) is 18.8. The molecular formula is C29H26ClN3O5S. The summed E-state index contributed by atoms with van der Waals surface area (Å²) in [5.41, 5.74) is 4.41. The zero-order chi connectivity index (χ0) is 27.7. The molecule has 0 bridgehead atoms. The zero-order valence-electron chi connectivity index (χ0n) is 21.0. The topological polar surface area (TPSA) is 97.3 Å². The van der Waals surface area contributed by atoms with Crippen LogP contribution in [0.4, 0.5) is 5.69 Å². The zero-order valence-corrected chi connectivity index (χ0v) is 22.6. The van der Waals surface area contributed by atoms with Crippen LogP contribution in [0.25, 0.3) is 0 Å². The highest BCUT2D eigenvalue weighted by Crippen LogP contribution is 2.25. The van der Waals surface area contributed by atoms with Crippen LogP contribution >= 0.6 is 11.6 Å². The molecule has 0 spiro atoms. The Morgan fingerprint density at radius 1 is 0.872 bits per heavy atom. The van der Waals surface area contributed by atoms with Crippen molar-refractivity contribution in [2.75, 3.05) is 17.1 Å². The van der Waals surface area contributed by atoms with E-state index in [1.165, 1.54) is 6.21 Å². The average Bonchev–Trinajstić information content (AvgIpc) is 2.93. The molecule has 0 unspecified atom stereocenters. The number of sulfonamides is 1. The minimum Gasteiger partial charge on any atom is -0.489 e. The number of nitrogens with zero attached hydrogens (tertiary/aromatic N) is 2. The SMILES string of the molecule is CS(=O)(=O)N(CC(=O)N/N=C\c1ccc(OCc2ccc(Cl)cc2)cc1)c1ccc(Oc2ccccc2)cc1. The number of carbonyl (C=O) groups excluding carboxylic acids is 1. The van der Waals surface area contributed by atoms with Gasteiger partial charge in [0.2, 0.25) is 10.0 Å². The monoisotopic (exact) mass is 563 g/mol. The van der Waals surface area contributed by atoms with Crippen LogP contribution in [0.15, 0.2) is 108 Å². The van der Waals surface area contributed by atoms with Crippen molar-refractivity contribution < 1.29 is 22.7 Å². The van der Waals surface area contributed by atoms with Gasteiger partial charge in [-0.2, -0.15) is 5.10 Å². The molecule has 0 aliphatic heterocycles. The highest BCUT2D eigenvalue weighted by atomic mass is 35.5. The number of halogens is 1. The van der Waals surface area contributed by atoms with Crippen LogP contribution in [0.5, 0.6) is 17.2 Å². The van der Waals surface area contributed by atoms with Crippen LogP contribution in [0.2, 0.25) is 5.02 Å². The van der Waals surface area contributed by atoms with E-state index >= 15 is 0 Å². The van der Waals surface area contributed by atoms with Crippen LogP contribution in [0, 0.1) is 0 Å². The van der Waals surface area contributed by atoms with E-state index in [4.69, 9.17) is 21.1 Å². The van der Waals surface area contributed by atoms with E-state index in [1.807, 2.05) is 42.5 Å². The summed E-state index contributed by atoms with van der Waals surface area (Å²) in [6.07, 6.45) is 2.50. The predicted octanol–water partition coefficient (Wildman–Crippen LogP) is 5.63. The standard InChI is InChI=1S/C29H26ClN3O5S/c1-39(35,36)33(25-13-17-28(18-14-25)38-27-5-3-2-4-6-27)20-29(34)32-31-19-22-9-15-26(16-10-22)37-21-23-7-11-24(30)12-8-23/h2-19H,20-21H2,1H3,(H,32,34)/b31-19-. The Kier molecular flexibility index (Phi) is 9.19. The molecule has 0 atom stereocenters. The number of rotatable bonds is 11. The first kappa shape index (κ1) is 27.7. The Labute approximate surface area is 232 Å². The molecule has 4 aromatic carbocycles. The van der Waals surface area contributed by atoms with Crippen molar-refractivity contribution in [3.63, 3.8) is 0 Å². The fourth-order valence-electron chi connectivity index (χ4n) is 3.45. The predicted molar refractivity (Wildman–Crippen MR) is 153 cm³/mol. The van der Waals surface area contributed by atoms with Gasteiger partial charge in [-0.15, -0.1) is 0 Å². The largest absolute Gasteiger partial charge is 0.489 e. The molecule has 0 aliphatic carbocycles. The first-order valence-electron chi connectivity index (χ1n) is 11.9. The molecule has 4 rings (SSSR count). The summed E-state index contributed by atoms with van der Waals surface area (Å²) in [6, 6.07) is 30.2. The second-order valence-electron chi connectivity index (χ2n) is 8.46. The smallest absolute Gasteiger partial charge is 0.260 e. The highest BCUT2D eigenvalue weighted by Gasteiger charge is 2.20. The summed E-state index contributed by atoms with van der Waals surface area (Å²) in [4.78, 5) is 12.5. The van der Waals surface area contributed by atoms with Gasteiger partial charge in [0.15, 0.2) is 0 Å². The third kappa shape index (κ3) is 8.59. The Hall–Kier alpha value is -4.34. The van der Waals surface area contributed by atoms with E-state index in [-0.39, 0.29) is 0 Å². The molecule has 10 heteroatoms. The van der Waals surface area contributed by atoms with Gasteiger partial charge >= 0.3 is 0 Å². The Morgan fingerprint density at radius 3 is 2.13 bits per heavy atom. The van der Waals surface area contributed by atoms with Crippen LogP contribution < -0.4 is 19.2 Å². The summed E-state index contributed by atoms with van der Waals surface area (Å²) < 4.78 is 37.3. The summed E-state index contributed by atoms with van der Waals surface area (Å²) >= 11 is 5.90. The number of benzene rings is 4. The number of ether oxygens (including phenoxy) is 2. The van der Waals surface area contributed by atoms with Gasteiger partial charge in [0.05, 0.1) is 18.2 Å². The van der Waals surface area contributed by atoms with Crippen molar-refractivity contribution in [1.82, 2.24) is 5.43 Å². The van der Waals surface area contributed by atoms with Crippen LogP contribution in [-0.2, 0) is 21.4 Å². The molecule has 0 saturated heterocycles. The molecule has 1 amide bonds. The molecule has 1 N–H and O–H groups in total. The fraction of sp³-hybridized carbons (Fsp3) is 0.103. The normalized spacial score (nSPS) is 11.2. The van der Waals surface area contributed by atoms with Gasteiger partial charge in [0.1, 0.15) is 30.4 Å². The molecule has 0 saturated carbocycles. The van der Waals surface area contributed by atoms with Gasteiger partial charge in [-0.3, -0.25) is 9.10 Å². The summed E-state index contributed by atoms with van der Waals surface area (Å²) in [5.74, 6) is 1.27. The lowest BCUT2D eigenvalue weighted by atomic mass is 10.2. The second-order valence-corrected chi connectivity index (χ2v) is 10.8. The molecule has 0 radical (unpaired) electrons.